The van der Waals surface area contributed by atoms with E-state index in [1.54, 1.807) is 6.07 Å². The minimum absolute atomic E-state index is 0.494. The normalized spacial score (nSPS) is 10.1. The van der Waals surface area contributed by atoms with Crippen LogP contribution in [-0.4, -0.2) is 5.26 Å². The fourth-order valence-corrected chi connectivity index (χ4v) is 1.28. The van der Waals surface area contributed by atoms with Gasteiger partial charge < -0.3 is 4.89 Å². The molecule has 0 unspecified atom stereocenters. The topological polar surface area (TPSA) is 29.5 Å². The van der Waals surface area contributed by atoms with E-state index in [1.165, 1.54) is 0 Å². The monoisotopic (exact) mass is 160 g/mol. The van der Waals surface area contributed by atoms with E-state index in [1.807, 2.05) is 36.4 Å². The zero-order valence-corrected chi connectivity index (χ0v) is 6.40. The zero-order valence-electron chi connectivity index (χ0n) is 6.40. The van der Waals surface area contributed by atoms with Crippen molar-refractivity contribution < 1.29 is 10.1 Å². The standard InChI is InChI=1S/C10H8O2/c11-12-10-7-3-5-8-4-1-2-6-9(8)10/h1-7,11H. The Morgan fingerprint density at radius 2 is 1.67 bits per heavy atom. The summed E-state index contributed by atoms with van der Waals surface area (Å²) < 4.78 is 0. The van der Waals surface area contributed by atoms with Crippen LogP contribution in [0.5, 0.6) is 5.75 Å². The smallest absolute Gasteiger partial charge is 0.172 e. The molecule has 0 heterocycles. The number of benzene rings is 2. The van der Waals surface area contributed by atoms with Crippen LogP contribution in [0.1, 0.15) is 0 Å². The van der Waals surface area contributed by atoms with Crippen molar-refractivity contribution >= 4 is 10.8 Å². The molecule has 0 aliphatic heterocycles. The molecule has 0 aliphatic rings. The van der Waals surface area contributed by atoms with Gasteiger partial charge in [-0.3, -0.25) is 0 Å². The van der Waals surface area contributed by atoms with Gasteiger partial charge in [-0.25, -0.2) is 5.26 Å². The summed E-state index contributed by atoms with van der Waals surface area (Å²) in [5.74, 6) is 0.494. The highest BCUT2D eigenvalue weighted by Crippen LogP contribution is 2.24. The first kappa shape index (κ1) is 7.13. The third-order valence-corrected chi connectivity index (χ3v) is 1.85. The average molecular weight is 160 g/mol. The van der Waals surface area contributed by atoms with Crippen LogP contribution in [0.3, 0.4) is 0 Å². The molecule has 2 aromatic rings. The Morgan fingerprint density at radius 1 is 0.917 bits per heavy atom. The quantitative estimate of drug-likeness (QED) is 0.513. The molecular weight excluding hydrogens is 152 g/mol. The lowest BCUT2D eigenvalue weighted by molar-refractivity contribution is -0.136. The van der Waals surface area contributed by atoms with Gasteiger partial charge in [-0.05, 0) is 11.5 Å². The first-order valence-electron chi connectivity index (χ1n) is 3.71. The third-order valence-electron chi connectivity index (χ3n) is 1.85. The Bertz CT molecular complexity index is 390. The minimum atomic E-state index is 0.494. The van der Waals surface area contributed by atoms with Crippen LogP contribution in [-0.2, 0) is 0 Å². The lowest BCUT2D eigenvalue weighted by atomic mass is 10.1. The van der Waals surface area contributed by atoms with Crippen molar-refractivity contribution in [3.05, 3.63) is 42.5 Å². The highest BCUT2D eigenvalue weighted by molar-refractivity contribution is 5.88. The van der Waals surface area contributed by atoms with Crippen molar-refractivity contribution in [3.63, 3.8) is 0 Å². The van der Waals surface area contributed by atoms with E-state index in [0.29, 0.717) is 5.75 Å². The summed E-state index contributed by atoms with van der Waals surface area (Å²) in [5.41, 5.74) is 0. The van der Waals surface area contributed by atoms with E-state index < -0.39 is 0 Å². The zero-order chi connectivity index (χ0) is 8.39. The number of fused-ring (bicyclic) bond motifs is 1. The molecule has 0 amide bonds. The second-order valence-electron chi connectivity index (χ2n) is 2.57. The maximum absolute atomic E-state index is 8.54. The van der Waals surface area contributed by atoms with Gasteiger partial charge in [0, 0.05) is 5.39 Å². The Kier molecular flexibility index (Phi) is 1.68. The summed E-state index contributed by atoms with van der Waals surface area (Å²) in [6, 6.07) is 13.3. The highest BCUT2D eigenvalue weighted by Gasteiger charge is 1.98. The molecule has 0 saturated heterocycles. The Balaban J connectivity index is 2.79. The summed E-state index contributed by atoms with van der Waals surface area (Å²) in [4.78, 5) is 4.23. The maximum Gasteiger partial charge on any atom is 0.172 e. The van der Waals surface area contributed by atoms with Gasteiger partial charge in [0.05, 0.1) is 0 Å². The second kappa shape index (κ2) is 2.83. The van der Waals surface area contributed by atoms with Gasteiger partial charge in [0.1, 0.15) is 0 Å². The van der Waals surface area contributed by atoms with Crippen molar-refractivity contribution in [2.45, 2.75) is 0 Å². The van der Waals surface area contributed by atoms with Crippen LogP contribution in [0.2, 0.25) is 0 Å². The van der Waals surface area contributed by atoms with Gasteiger partial charge in [0.2, 0.25) is 0 Å². The van der Waals surface area contributed by atoms with E-state index in [2.05, 4.69) is 4.89 Å². The molecule has 0 saturated carbocycles. The molecule has 12 heavy (non-hydrogen) atoms. The highest BCUT2D eigenvalue weighted by atomic mass is 17.1. The van der Waals surface area contributed by atoms with Crippen molar-refractivity contribution in [1.82, 2.24) is 0 Å². The fourth-order valence-electron chi connectivity index (χ4n) is 1.28. The van der Waals surface area contributed by atoms with Gasteiger partial charge in [0.15, 0.2) is 5.75 Å². The molecule has 60 valence electrons. The predicted molar refractivity (Wildman–Crippen MR) is 47.2 cm³/mol. The Hall–Kier alpha value is -1.54. The summed E-state index contributed by atoms with van der Waals surface area (Å²) >= 11 is 0. The number of hydrogen-bond donors (Lipinski definition) is 1. The van der Waals surface area contributed by atoms with Gasteiger partial charge >= 0.3 is 0 Å². The Morgan fingerprint density at radius 3 is 2.50 bits per heavy atom. The summed E-state index contributed by atoms with van der Waals surface area (Å²) in [6.45, 7) is 0. The molecule has 0 atom stereocenters. The Labute approximate surface area is 70.0 Å². The summed E-state index contributed by atoms with van der Waals surface area (Å²) in [6.07, 6.45) is 0. The van der Waals surface area contributed by atoms with Gasteiger partial charge in [-0.15, -0.1) is 0 Å². The van der Waals surface area contributed by atoms with Crippen LogP contribution in [0, 0.1) is 0 Å². The van der Waals surface area contributed by atoms with Crippen molar-refractivity contribution in [1.29, 1.82) is 0 Å². The van der Waals surface area contributed by atoms with E-state index in [9.17, 15) is 0 Å². The van der Waals surface area contributed by atoms with Crippen LogP contribution in [0.15, 0.2) is 42.5 Å². The fraction of sp³-hybridized carbons (Fsp3) is 0. The van der Waals surface area contributed by atoms with E-state index >= 15 is 0 Å². The molecule has 0 aromatic heterocycles. The van der Waals surface area contributed by atoms with E-state index in [-0.39, 0.29) is 0 Å². The third kappa shape index (κ3) is 1.02. The van der Waals surface area contributed by atoms with Crippen LogP contribution >= 0.6 is 0 Å². The van der Waals surface area contributed by atoms with E-state index in [4.69, 9.17) is 5.26 Å². The van der Waals surface area contributed by atoms with Crippen molar-refractivity contribution in [3.8, 4) is 5.75 Å². The van der Waals surface area contributed by atoms with Crippen LogP contribution < -0.4 is 4.89 Å². The number of hydrogen-bond acceptors (Lipinski definition) is 2. The van der Waals surface area contributed by atoms with Crippen LogP contribution in [0.25, 0.3) is 10.8 Å². The molecule has 2 aromatic carbocycles. The molecule has 0 bridgehead atoms. The molecule has 0 aliphatic carbocycles. The molecule has 0 fully saturated rings. The van der Waals surface area contributed by atoms with E-state index in [0.717, 1.165) is 10.8 Å². The molecule has 2 nitrogen and oxygen atoms in total. The lowest BCUT2D eigenvalue weighted by Gasteiger charge is -2.00. The molecular formula is C10H8O2. The number of rotatable bonds is 1. The molecule has 0 spiro atoms. The first-order valence-corrected chi connectivity index (χ1v) is 3.71. The molecule has 0 radical (unpaired) electrons. The van der Waals surface area contributed by atoms with Gasteiger partial charge in [0.25, 0.3) is 0 Å². The second-order valence-corrected chi connectivity index (χ2v) is 2.57. The largest absolute Gasteiger partial charge is 0.340 e. The minimum Gasteiger partial charge on any atom is -0.340 e. The summed E-state index contributed by atoms with van der Waals surface area (Å²) in [7, 11) is 0. The molecule has 1 N–H and O–H groups in total. The van der Waals surface area contributed by atoms with Crippen LogP contribution in [0.4, 0.5) is 0 Å². The summed E-state index contributed by atoms with van der Waals surface area (Å²) in [5, 5.41) is 10.5. The van der Waals surface area contributed by atoms with Crippen molar-refractivity contribution in [2.75, 3.05) is 0 Å². The molecule has 2 rings (SSSR count). The molecule has 2 heteroatoms. The average Bonchev–Trinajstić information content (AvgIpc) is 2.17. The maximum atomic E-state index is 8.54. The predicted octanol–water partition coefficient (Wildman–Crippen LogP) is 2.69. The van der Waals surface area contributed by atoms with Crippen molar-refractivity contribution in [2.24, 2.45) is 0 Å². The van der Waals surface area contributed by atoms with Gasteiger partial charge in [-0.1, -0.05) is 36.4 Å². The van der Waals surface area contributed by atoms with Gasteiger partial charge in [-0.2, -0.15) is 0 Å². The first-order chi connectivity index (χ1) is 5.92. The SMILES string of the molecule is OOc1cccc2ccccc12. The lowest BCUT2D eigenvalue weighted by Crippen LogP contribution is -1.84.